The Hall–Kier alpha value is -6.74. The summed E-state index contributed by atoms with van der Waals surface area (Å²) in [4.78, 5) is 2.46. The van der Waals surface area contributed by atoms with Crippen molar-refractivity contribution in [2.24, 2.45) is 0 Å². The molecule has 2 heteroatoms. The monoisotopic (exact) mass is 703 g/mol. The summed E-state index contributed by atoms with van der Waals surface area (Å²) in [6, 6.07) is 73.5. The predicted octanol–water partition coefficient (Wildman–Crippen LogP) is 15.5. The molecule has 1 nitrogen and oxygen atoms in total. The first kappa shape index (κ1) is 30.8. The summed E-state index contributed by atoms with van der Waals surface area (Å²) in [5, 5.41) is 12.7. The number of hydrogen-bond donors (Lipinski definition) is 0. The molecule has 0 aliphatic heterocycles. The summed E-state index contributed by atoms with van der Waals surface area (Å²) >= 11 is 1.88. The lowest BCUT2D eigenvalue weighted by molar-refractivity contribution is 1.31. The second kappa shape index (κ2) is 12.4. The van der Waals surface area contributed by atoms with E-state index in [4.69, 9.17) is 0 Å². The van der Waals surface area contributed by atoms with Crippen molar-refractivity contribution < 1.29 is 0 Å². The van der Waals surface area contributed by atoms with Gasteiger partial charge in [-0.25, -0.2) is 0 Å². The van der Waals surface area contributed by atoms with Gasteiger partial charge in [0.2, 0.25) is 0 Å². The minimum atomic E-state index is 1.12. The maximum Gasteiger partial charge on any atom is 0.0555 e. The minimum absolute atomic E-state index is 1.12. The highest BCUT2D eigenvalue weighted by atomic mass is 32.1. The molecule has 54 heavy (non-hydrogen) atoms. The molecule has 1 heterocycles. The van der Waals surface area contributed by atoms with Crippen LogP contribution in [0.5, 0.6) is 0 Å². The summed E-state index contributed by atoms with van der Waals surface area (Å²) in [7, 11) is 0. The second-order valence-electron chi connectivity index (χ2n) is 14.1. The quantitative estimate of drug-likeness (QED) is 0.161. The van der Waals surface area contributed by atoms with E-state index in [-0.39, 0.29) is 0 Å². The van der Waals surface area contributed by atoms with Crippen LogP contribution in [0.25, 0.3) is 85.5 Å². The third-order valence-corrected chi connectivity index (χ3v) is 12.2. The van der Waals surface area contributed by atoms with Crippen molar-refractivity contribution >= 4 is 91.7 Å². The van der Waals surface area contributed by atoms with Crippen LogP contribution in [0.3, 0.4) is 0 Å². The average molecular weight is 704 g/mol. The number of rotatable bonds is 5. The van der Waals surface area contributed by atoms with Gasteiger partial charge in [0.15, 0.2) is 0 Å². The molecule has 0 unspecified atom stereocenters. The number of anilines is 3. The molecule has 0 fully saturated rings. The van der Waals surface area contributed by atoms with Gasteiger partial charge in [-0.3, -0.25) is 0 Å². The Morgan fingerprint density at radius 1 is 0.333 bits per heavy atom. The predicted molar refractivity (Wildman–Crippen MR) is 235 cm³/mol. The molecule has 0 aliphatic carbocycles. The van der Waals surface area contributed by atoms with E-state index in [1.165, 1.54) is 91.2 Å². The molecule has 11 aromatic rings. The van der Waals surface area contributed by atoms with Gasteiger partial charge in [-0.05, 0) is 108 Å². The molecular weight excluding hydrogens is 671 g/mol. The van der Waals surface area contributed by atoms with Crippen LogP contribution >= 0.6 is 11.3 Å². The van der Waals surface area contributed by atoms with Gasteiger partial charge in [-0.2, -0.15) is 0 Å². The van der Waals surface area contributed by atoms with E-state index in [1.54, 1.807) is 0 Å². The van der Waals surface area contributed by atoms with Crippen molar-refractivity contribution in [2.75, 3.05) is 4.90 Å². The van der Waals surface area contributed by atoms with Crippen LogP contribution in [0.2, 0.25) is 0 Å². The van der Waals surface area contributed by atoms with E-state index < -0.39 is 0 Å². The summed E-state index contributed by atoms with van der Waals surface area (Å²) in [6.07, 6.45) is 0. The van der Waals surface area contributed by atoms with E-state index in [9.17, 15) is 0 Å². The SMILES string of the molecule is c1ccc(-c2ccc(N(c3ccc(-c4ccc5ccc6ccccc6c5c4)cc3)c3ccc4c(ccc5ccccc54)c3)c3c2sc2ccccc23)cc1. The number of benzene rings is 10. The number of nitrogens with zero attached hydrogens (tertiary/aromatic N) is 1. The number of hydrogen-bond acceptors (Lipinski definition) is 2. The molecule has 0 bridgehead atoms. The lowest BCUT2D eigenvalue weighted by Gasteiger charge is -2.27. The van der Waals surface area contributed by atoms with Crippen LogP contribution in [-0.2, 0) is 0 Å². The Bertz CT molecular complexity index is 3210. The van der Waals surface area contributed by atoms with Crippen molar-refractivity contribution in [1.82, 2.24) is 0 Å². The van der Waals surface area contributed by atoms with Crippen molar-refractivity contribution in [1.29, 1.82) is 0 Å². The smallest absolute Gasteiger partial charge is 0.0555 e. The zero-order valence-corrected chi connectivity index (χ0v) is 30.2. The van der Waals surface area contributed by atoms with Crippen molar-refractivity contribution in [2.45, 2.75) is 0 Å². The fraction of sp³-hybridized carbons (Fsp3) is 0. The molecule has 0 N–H and O–H groups in total. The van der Waals surface area contributed by atoms with Gasteiger partial charge in [0.25, 0.3) is 0 Å². The van der Waals surface area contributed by atoms with Crippen LogP contribution in [0.4, 0.5) is 17.1 Å². The molecule has 0 amide bonds. The van der Waals surface area contributed by atoms with Gasteiger partial charge in [0.1, 0.15) is 0 Å². The van der Waals surface area contributed by atoms with Crippen molar-refractivity contribution in [3.63, 3.8) is 0 Å². The summed E-state index contributed by atoms with van der Waals surface area (Å²) < 4.78 is 2.60. The maximum absolute atomic E-state index is 2.46. The summed E-state index contributed by atoms with van der Waals surface area (Å²) in [5.74, 6) is 0. The normalized spacial score (nSPS) is 11.7. The Kier molecular flexibility index (Phi) is 7.11. The number of thiophene rings is 1. The summed E-state index contributed by atoms with van der Waals surface area (Å²) in [6.45, 7) is 0. The van der Waals surface area contributed by atoms with Crippen LogP contribution < -0.4 is 4.90 Å². The van der Waals surface area contributed by atoms with Gasteiger partial charge >= 0.3 is 0 Å². The molecule has 0 radical (unpaired) electrons. The first-order valence-electron chi connectivity index (χ1n) is 18.5. The highest BCUT2D eigenvalue weighted by molar-refractivity contribution is 7.26. The van der Waals surface area contributed by atoms with Crippen LogP contribution in [0.15, 0.2) is 200 Å². The average Bonchev–Trinajstić information content (AvgIpc) is 3.64. The van der Waals surface area contributed by atoms with Gasteiger partial charge in [-0.1, -0.05) is 158 Å². The molecule has 11 rings (SSSR count). The molecule has 0 spiro atoms. The van der Waals surface area contributed by atoms with Gasteiger partial charge < -0.3 is 4.90 Å². The molecule has 0 saturated heterocycles. The van der Waals surface area contributed by atoms with E-state index in [1.807, 2.05) is 11.3 Å². The van der Waals surface area contributed by atoms with Crippen molar-refractivity contribution in [3.05, 3.63) is 200 Å². The van der Waals surface area contributed by atoms with Gasteiger partial charge in [0.05, 0.1) is 5.69 Å². The first-order valence-corrected chi connectivity index (χ1v) is 19.3. The fourth-order valence-electron chi connectivity index (χ4n) is 8.39. The zero-order valence-electron chi connectivity index (χ0n) is 29.4. The number of fused-ring (bicyclic) bond motifs is 9. The molecule has 10 aromatic carbocycles. The largest absolute Gasteiger partial charge is 0.310 e. The Labute approximate surface area is 317 Å². The zero-order chi connectivity index (χ0) is 35.6. The third kappa shape index (κ3) is 4.99. The lowest BCUT2D eigenvalue weighted by atomic mass is 9.96. The van der Waals surface area contributed by atoms with Crippen molar-refractivity contribution in [3.8, 4) is 22.3 Å². The molecule has 0 aliphatic rings. The summed E-state index contributed by atoms with van der Waals surface area (Å²) in [5.41, 5.74) is 8.34. The molecule has 0 saturated carbocycles. The van der Waals surface area contributed by atoms with Crippen LogP contribution in [0, 0.1) is 0 Å². The Morgan fingerprint density at radius 3 is 1.69 bits per heavy atom. The van der Waals surface area contributed by atoms with Gasteiger partial charge in [0, 0.05) is 31.5 Å². The lowest BCUT2D eigenvalue weighted by Crippen LogP contribution is -2.10. The Balaban J connectivity index is 1.12. The standard InChI is InChI=1S/C52H33NS/c1-2-10-35(11-3-1)46-30-31-49(51-47-16-8-9-17-50(47)54-52(46)51)53(42-28-29-45-40(32-42)23-21-36-12-4-6-14-43(36)45)41-26-24-34(25-27-41)39-22-20-38-19-18-37-13-5-7-15-44(37)48(38)33-39/h1-33H. The second-order valence-corrected chi connectivity index (χ2v) is 15.1. The van der Waals surface area contributed by atoms with E-state index in [0.29, 0.717) is 0 Å². The van der Waals surface area contributed by atoms with E-state index in [0.717, 1.165) is 11.4 Å². The molecule has 0 atom stereocenters. The van der Waals surface area contributed by atoms with E-state index in [2.05, 4.69) is 205 Å². The van der Waals surface area contributed by atoms with Crippen LogP contribution in [-0.4, -0.2) is 0 Å². The van der Waals surface area contributed by atoms with Crippen LogP contribution in [0.1, 0.15) is 0 Å². The maximum atomic E-state index is 2.46. The Morgan fingerprint density at radius 2 is 0.907 bits per heavy atom. The van der Waals surface area contributed by atoms with Gasteiger partial charge in [-0.15, -0.1) is 11.3 Å². The topological polar surface area (TPSA) is 3.24 Å². The first-order chi connectivity index (χ1) is 26.8. The molecule has 1 aromatic heterocycles. The van der Waals surface area contributed by atoms with E-state index >= 15 is 0 Å². The third-order valence-electron chi connectivity index (χ3n) is 11.0. The highest BCUT2D eigenvalue weighted by Crippen LogP contribution is 2.49. The molecular formula is C52H33NS. The molecule has 252 valence electrons. The highest BCUT2D eigenvalue weighted by Gasteiger charge is 2.21. The minimum Gasteiger partial charge on any atom is -0.310 e. The fourth-order valence-corrected chi connectivity index (χ4v) is 9.65.